The van der Waals surface area contributed by atoms with E-state index in [1.54, 1.807) is 0 Å². The van der Waals surface area contributed by atoms with Crippen molar-refractivity contribution >= 4 is 33.6 Å². The van der Waals surface area contributed by atoms with Crippen molar-refractivity contribution in [3.63, 3.8) is 0 Å². The number of benzene rings is 7. The first-order valence-electron chi connectivity index (χ1n) is 15.8. The fraction of sp³-hybridized carbons (Fsp3) is 0.0455. The van der Waals surface area contributed by atoms with Gasteiger partial charge in [0, 0.05) is 38.9 Å². The fourth-order valence-electron chi connectivity index (χ4n) is 7.01. The molecule has 0 spiro atoms. The molecule has 0 saturated carbocycles. The zero-order valence-corrected chi connectivity index (χ0v) is 26.5. The second kappa shape index (κ2) is 12.2. The van der Waals surface area contributed by atoms with Gasteiger partial charge >= 0.3 is 0 Å². The van der Waals surface area contributed by atoms with E-state index in [0.29, 0.717) is 0 Å². The normalized spacial score (nSPS) is 11.3. The van der Waals surface area contributed by atoms with Gasteiger partial charge in [-0.25, -0.2) is 0 Å². The molecule has 0 N–H and O–H groups in total. The van der Waals surface area contributed by atoms with Gasteiger partial charge in [0.05, 0.1) is 11.0 Å². The van der Waals surface area contributed by atoms with E-state index < -0.39 is 0 Å². The minimum atomic E-state index is 0.969. The summed E-state index contributed by atoms with van der Waals surface area (Å²) in [6, 6.07) is 61.9. The van der Waals surface area contributed by atoms with Gasteiger partial charge in [0.25, 0.3) is 0 Å². The molecule has 0 bridgehead atoms. The highest BCUT2D eigenvalue weighted by molar-refractivity contribution is 7.97. The van der Waals surface area contributed by atoms with Gasteiger partial charge < -0.3 is 4.57 Å². The topological polar surface area (TPSA) is 4.93 Å². The zero-order valence-electron chi connectivity index (χ0n) is 25.7. The summed E-state index contributed by atoms with van der Waals surface area (Å²) in [4.78, 5) is 0. The van der Waals surface area contributed by atoms with Gasteiger partial charge in [-0.15, -0.1) is 0 Å². The van der Waals surface area contributed by atoms with Crippen molar-refractivity contribution in [1.82, 2.24) is 4.57 Å². The summed E-state index contributed by atoms with van der Waals surface area (Å²) >= 11 is 1.86. The Morgan fingerprint density at radius 3 is 1.57 bits per heavy atom. The van der Waals surface area contributed by atoms with Crippen molar-refractivity contribution in [2.24, 2.45) is 0 Å². The molecule has 1 aromatic heterocycles. The summed E-state index contributed by atoms with van der Waals surface area (Å²) in [5.41, 5.74) is 14.8. The van der Waals surface area contributed by atoms with E-state index in [2.05, 4.69) is 181 Å². The second-order valence-electron chi connectivity index (χ2n) is 11.6. The molecule has 0 radical (unpaired) electrons. The number of fused-ring (bicyclic) bond motifs is 3. The van der Waals surface area contributed by atoms with Crippen LogP contribution >= 0.6 is 11.8 Å². The van der Waals surface area contributed by atoms with Crippen molar-refractivity contribution in [2.45, 2.75) is 5.75 Å². The number of rotatable bonds is 7. The molecule has 8 rings (SSSR count). The van der Waals surface area contributed by atoms with Gasteiger partial charge in [-0.3, -0.25) is 0 Å². The summed E-state index contributed by atoms with van der Waals surface area (Å²) in [6.45, 7) is 0. The van der Waals surface area contributed by atoms with E-state index in [1.165, 1.54) is 71.9 Å². The van der Waals surface area contributed by atoms with E-state index in [9.17, 15) is 0 Å². The minimum absolute atomic E-state index is 0.969. The Balaban J connectivity index is 1.71. The van der Waals surface area contributed by atoms with Crippen LogP contribution in [-0.4, -0.2) is 10.8 Å². The molecule has 46 heavy (non-hydrogen) atoms. The lowest BCUT2D eigenvalue weighted by molar-refractivity contribution is 1.18. The Morgan fingerprint density at radius 2 is 0.957 bits per heavy atom. The molecule has 0 amide bonds. The molecule has 1 nitrogen and oxygen atoms in total. The molecule has 1 heterocycles. The lowest BCUT2D eigenvalue weighted by atomic mass is 9.80. The summed E-state index contributed by atoms with van der Waals surface area (Å²) in [7, 11) is 0. The highest BCUT2D eigenvalue weighted by Gasteiger charge is 2.28. The third-order valence-electron chi connectivity index (χ3n) is 8.84. The van der Waals surface area contributed by atoms with Gasteiger partial charge in [0.15, 0.2) is 0 Å². The molecule has 0 atom stereocenters. The van der Waals surface area contributed by atoms with E-state index in [4.69, 9.17) is 0 Å². The number of hydrogen-bond donors (Lipinski definition) is 0. The highest BCUT2D eigenvalue weighted by Crippen LogP contribution is 2.53. The van der Waals surface area contributed by atoms with Crippen LogP contribution in [0, 0.1) is 0 Å². The molecule has 0 aliphatic carbocycles. The van der Waals surface area contributed by atoms with Gasteiger partial charge in [0.2, 0.25) is 0 Å². The molecule has 0 aliphatic rings. The lowest BCUT2D eigenvalue weighted by Crippen LogP contribution is -2.00. The maximum atomic E-state index is 2.49. The number of aromatic nitrogens is 1. The van der Waals surface area contributed by atoms with E-state index in [0.717, 1.165) is 11.4 Å². The van der Waals surface area contributed by atoms with Gasteiger partial charge in [-0.05, 0) is 57.8 Å². The maximum Gasteiger partial charge on any atom is 0.0632 e. The molecule has 0 unspecified atom stereocenters. The Hall–Kier alpha value is -5.31. The Bertz CT molecular complexity index is 2290. The van der Waals surface area contributed by atoms with Crippen LogP contribution in [0.2, 0.25) is 0 Å². The SMILES string of the molecule is CSCc1cccc(-c2c(-c3ccccc3)c(-c3ccccc3)c(-c3ccccc3)c3c2c2ccccc2n3-c2ccccc2)c1. The van der Waals surface area contributed by atoms with Crippen LogP contribution in [0.3, 0.4) is 0 Å². The quantitative estimate of drug-likeness (QED) is 0.174. The third kappa shape index (κ3) is 4.83. The lowest BCUT2D eigenvalue weighted by Gasteiger charge is -2.24. The average Bonchev–Trinajstić information content (AvgIpc) is 3.47. The van der Waals surface area contributed by atoms with Gasteiger partial charge in [0.1, 0.15) is 0 Å². The summed E-state index contributed by atoms with van der Waals surface area (Å²) < 4.78 is 2.49. The largest absolute Gasteiger partial charge is 0.309 e. The number of para-hydroxylation sites is 2. The summed E-state index contributed by atoms with van der Waals surface area (Å²) in [5, 5.41) is 2.53. The van der Waals surface area contributed by atoms with E-state index in [-0.39, 0.29) is 0 Å². The first-order valence-corrected chi connectivity index (χ1v) is 17.2. The van der Waals surface area contributed by atoms with Crippen LogP contribution in [-0.2, 0) is 5.75 Å². The highest BCUT2D eigenvalue weighted by atomic mass is 32.2. The molecular weight excluding hydrogens is 575 g/mol. The van der Waals surface area contributed by atoms with Crippen LogP contribution in [0.15, 0.2) is 170 Å². The molecular formula is C44H33NS. The van der Waals surface area contributed by atoms with Crippen molar-refractivity contribution in [1.29, 1.82) is 0 Å². The van der Waals surface area contributed by atoms with Gasteiger partial charge in [-0.2, -0.15) is 11.8 Å². The van der Waals surface area contributed by atoms with Crippen molar-refractivity contribution < 1.29 is 0 Å². The van der Waals surface area contributed by atoms with Crippen LogP contribution in [0.1, 0.15) is 5.56 Å². The van der Waals surface area contributed by atoms with Crippen molar-refractivity contribution in [2.75, 3.05) is 6.26 Å². The monoisotopic (exact) mass is 607 g/mol. The fourth-order valence-corrected chi connectivity index (χ4v) is 7.53. The van der Waals surface area contributed by atoms with Crippen molar-refractivity contribution in [3.8, 4) is 50.2 Å². The zero-order chi connectivity index (χ0) is 30.9. The van der Waals surface area contributed by atoms with Crippen LogP contribution in [0.4, 0.5) is 0 Å². The maximum absolute atomic E-state index is 2.49. The van der Waals surface area contributed by atoms with Crippen LogP contribution in [0.25, 0.3) is 72.0 Å². The number of thioether (sulfide) groups is 1. The predicted octanol–water partition coefficient (Wildman–Crippen LogP) is 12.3. The predicted molar refractivity (Wildman–Crippen MR) is 200 cm³/mol. The third-order valence-corrected chi connectivity index (χ3v) is 9.46. The van der Waals surface area contributed by atoms with Crippen LogP contribution < -0.4 is 0 Å². The van der Waals surface area contributed by atoms with E-state index in [1.807, 2.05) is 11.8 Å². The molecule has 2 heteroatoms. The molecule has 0 saturated heterocycles. The summed E-state index contributed by atoms with van der Waals surface area (Å²) in [5.74, 6) is 0.969. The van der Waals surface area contributed by atoms with Gasteiger partial charge in [-0.1, -0.05) is 152 Å². The number of nitrogens with zero attached hydrogens (tertiary/aromatic N) is 1. The Kier molecular flexibility index (Phi) is 7.50. The molecule has 0 aliphatic heterocycles. The Labute approximate surface area is 274 Å². The second-order valence-corrected chi connectivity index (χ2v) is 12.5. The number of hydrogen-bond acceptors (Lipinski definition) is 1. The standard InChI is InChI=1S/C44H33NS/c1-46-30-31-17-16-24-35(29-31)41-39(32-18-6-2-7-19-32)40(33-20-8-3-9-21-33)42(34-22-10-4-11-23-34)44-43(41)37-27-14-15-28-38(37)45(44)36-25-12-5-13-26-36/h2-29H,30H2,1H3. The molecule has 0 fully saturated rings. The Morgan fingerprint density at radius 1 is 0.457 bits per heavy atom. The van der Waals surface area contributed by atoms with Crippen LogP contribution in [0.5, 0.6) is 0 Å². The average molecular weight is 608 g/mol. The minimum Gasteiger partial charge on any atom is -0.309 e. The summed E-state index contributed by atoms with van der Waals surface area (Å²) in [6.07, 6.45) is 2.18. The van der Waals surface area contributed by atoms with E-state index >= 15 is 0 Å². The molecule has 7 aromatic carbocycles. The first-order chi connectivity index (χ1) is 22.8. The first kappa shape index (κ1) is 28.2. The molecule has 220 valence electrons. The molecule has 8 aromatic rings. The van der Waals surface area contributed by atoms with Crippen molar-refractivity contribution in [3.05, 3.63) is 175 Å². The smallest absolute Gasteiger partial charge is 0.0632 e.